The number of rotatable bonds is 5. The summed E-state index contributed by atoms with van der Waals surface area (Å²) in [5, 5.41) is 0. The predicted octanol–water partition coefficient (Wildman–Crippen LogP) is 1.37. The van der Waals surface area contributed by atoms with Gasteiger partial charge in [-0.3, -0.25) is 4.79 Å². The molecule has 1 heterocycles. The van der Waals surface area contributed by atoms with Gasteiger partial charge in [-0.15, -0.1) is 0 Å². The van der Waals surface area contributed by atoms with Crippen LogP contribution in [0.15, 0.2) is 12.2 Å². The molecule has 0 amide bonds. The normalized spacial score (nSPS) is 22.8. The van der Waals surface area contributed by atoms with Crippen molar-refractivity contribution in [1.82, 2.24) is 0 Å². The average Bonchev–Trinajstić information content (AvgIpc) is 2.67. The zero-order chi connectivity index (χ0) is 19.4. The molecule has 1 fully saturated rings. The van der Waals surface area contributed by atoms with Crippen molar-refractivity contribution in [1.29, 1.82) is 0 Å². The molecule has 8 heteroatoms. The van der Waals surface area contributed by atoms with E-state index in [1.807, 2.05) is 13.0 Å². The summed E-state index contributed by atoms with van der Waals surface area (Å²) >= 11 is 0. The molecule has 27 heavy (non-hydrogen) atoms. The standard InChI is InChI=1S/C19H34O8/c1-2-3-4-5-19(20)27-17-18-16-25-13-12-23-9-8-21-6-7-22-10-11-24-14-15-26-18/h3-4,18H,2,5-17H2,1H3/b4-3+. The molecule has 0 radical (unpaired) electrons. The second kappa shape index (κ2) is 18.3. The average molecular weight is 390 g/mol. The third-order valence-corrected chi connectivity index (χ3v) is 3.49. The van der Waals surface area contributed by atoms with Gasteiger partial charge in [0.2, 0.25) is 0 Å². The molecule has 0 N–H and O–H groups in total. The van der Waals surface area contributed by atoms with Crippen molar-refractivity contribution in [2.24, 2.45) is 0 Å². The van der Waals surface area contributed by atoms with E-state index in [4.69, 9.17) is 33.2 Å². The van der Waals surface area contributed by atoms with Crippen LogP contribution in [-0.2, 0) is 38.0 Å². The van der Waals surface area contributed by atoms with Gasteiger partial charge in [-0.2, -0.15) is 0 Å². The van der Waals surface area contributed by atoms with E-state index < -0.39 is 0 Å². The van der Waals surface area contributed by atoms with E-state index in [0.29, 0.717) is 72.7 Å². The van der Waals surface area contributed by atoms with Crippen LogP contribution in [0.3, 0.4) is 0 Å². The van der Waals surface area contributed by atoms with E-state index in [1.54, 1.807) is 6.08 Å². The van der Waals surface area contributed by atoms with Crippen molar-refractivity contribution in [3.8, 4) is 0 Å². The first-order chi connectivity index (χ1) is 13.3. The van der Waals surface area contributed by atoms with Crippen LogP contribution in [0.1, 0.15) is 19.8 Å². The van der Waals surface area contributed by atoms with E-state index in [2.05, 4.69) is 0 Å². The molecule has 1 saturated heterocycles. The fourth-order valence-corrected chi connectivity index (χ4v) is 2.10. The van der Waals surface area contributed by atoms with Gasteiger partial charge in [-0.1, -0.05) is 19.1 Å². The maximum absolute atomic E-state index is 11.7. The molecule has 0 bridgehead atoms. The lowest BCUT2D eigenvalue weighted by molar-refractivity contribution is -0.149. The Hall–Kier alpha value is -1.03. The van der Waals surface area contributed by atoms with Crippen LogP contribution in [0.25, 0.3) is 0 Å². The molecular weight excluding hydrogens is 356 g/mol. The molecule has 1 rings (SSSR count). The lowest BCUT2D eigenvalue weighted by atomic mass is 10.3. The number of ether oxygens (including phenoxy) is 7. The summed E-state index contributed by atoms with van der Waals surface area (Å²) < 4.78 is 38.2. The molecule has 0 aliphatic carbocycles. The number of carbonyl (C=O) groups excluding carboxylic acids is 1. The van der Waals surface area contributed by atoms with Gasteiger partial charge in [-0.05, 0) is 6.42 Å². The first-order valence-corrected chi connectivity index (χ1v) is 9.64. The highest BCUT2D eigenvalue weighted by Gasteiger charge is 2.13. The Labute approximate surface area is 162 Å². The molecule has 0 spiro atoms. The SMILES string of the molecule is CC/C=C/CC(=O)OCC1COCCOCCOCCOCCOCCO1. The second-order valence-corrected chi connectivity index (χ2v) is 5.78. The van der Waals surface area contributed by atoms with Crippen molar-refractivity contribution in [2.75, 3.05) is 79.3 Å². The Balaban J connectivity index is 2.30. The lowest BCUT2D eigenvalue weighted by Gasteiger charge is -2.18. The number of carbonyl (C=O) groups is 1. The first kappa shape index (κ1) is 24.0. The van der Waals surface area contributed by atoms with E-state index in [9.17, 15) is 4.79 Å². The molecule has 1 aliphatic rings. The molecule has 0 saturated carbocycles. The number of esters is 1. The fourth-order valence-electron chi connectivity index (χ4n) is 2.10. The van der Waals surface area contributed by atoms with E-state index in [-0.39, 0.29) is 25.1 Å². The number of hydrogen-bond donors (Lipinski definition) is 0. The number of allylic oxidation sites excluding steroid dienone is 1. The van der Waals surface area contributed by atoms with Gasteiger partial charge in [0.25, 0.3) is 0 Å². The molecule has 0 aromatic rings. The Morgan fingerprint density at radius 3 is 1.89 bits per heavy atom. The highest BCUT2D eigenvalue weighted by atomic mass is 16.6. The topological polar surface area (TPSA) is 81.7 Å². The summed E-state index contributed by atoms with van der Waals surface area (Å²) in [6.07, 6.45) is 4.56. The lowest BCUT2D eigenvalue weighted by Crippen LogP contribution is -2.29. The van der Waals surface area contributed by atoms with Gasteiger partial charge in [0.1, 0.15) is 12.7 Å². The quantitative estimate of drug-likeness (QED) is 0.514. The second-order valence-electron chi connectivity index (χ2n) is 5.78. The van der Waals surface area contributed by atoms with Gasteiger partial charge in [-0.25, -0.2) is 0 Å². The summed E-state index contributed by atoms with van der Waals surface area (Å²) in [4.78, 5) is 11.7. The van der Waals surface area contributed by atoms with Crippen LogP contribution < -0.4 is 0 Å². The maximum atomic E-state index is 11.7. The van der Waals surface area contributed by atoms with E-state index in [0.717, 1.165) is 6.42 Å². The minimum absolute atomic E-state index is 0.149. The van der Waals surface area contributed by atoms with Gasteiger partial charge < -0.3 is 33.2 Å². The van der Waals surface area contributed by atoms with Gasteiger partial charge in [0.05, 0.1) is 79.1 Å². The maximum Gasteiger partial charge on any atom is 0.309 e. The van der Waals surface area contributed by atoms with Crippen LogP contribution >= 0.6 is 0 Å². The Bertz CT molecular complexity index is 357. The summed E-state index contributed by atoms with van der Waals surface area (Å²) in [6.45, 7) is 7.32. The summed E-state index contributed by atoms with van der Waals surface area (Å²) in [5.41, 5.74) is 0. The Kier molecular flexibility index (Phi) is 16.3. The highest BCUT2D eigenvalue weighted by molar-refractivity contribution is 5.71. The summed E-state index contributed by atoms with van der Waals surface area (Å²) in [7, 11) is 0. The zero-order valence-corrected chi connectivity index (χ0v) is 16.4. The Morgan fingerprint density at radius 2 is 1.33 bits per heavy atom. The van der Waals surface area contributed by atoms with Crippen LogP contribution in [0.4, 0.5) is 0 Å². The van der Waals surface area contributed by atoms with Crippen molar-refractivity contribution >= 4 is 5.97 Å². The number of hydrogen-bond acceptors (Lipinski definition) is 8. The van der Waals surface area contributed by atoms with Crippen LogP contribution in [0, 0.1) is 0 Å². The summed E-state index contributed by atoms with van der Waals surface area (Å²) in [6, 6.07) is 0. The Morgan fingerprint density at radius 1 is 0.815 bits per heavy atom. The molecule has 158 valence electrons. The fraction of sp³-hybridized carbons (Fsp3) is 0.842. The smallest absolute Gasteiger partial charge is 0.309 e. The van der Waals surface area contributed by atoms with Gasteiger partial charge >= 0.3 is 5.97 Å². The third kappa shape index (κ3) is 15.7. The van der Waals surface area contributed by atoms with Gasteiger partial charge in [0.15, 0.2) is 0 Å². The van der Waals surface area contributed by atoms with Crippen molar-refractivity contribution in [2.45, 2.75) is 25.9 Å². The third-order valence-electron chi connectivity index (χ3n) is 3.49. The minimum Gasteiger partial charge on any atom is -0.463 e. The molecule has 0 aromatic heterocycles. The molecule has 1 atom stereocenters. The van der Waals surface area contributed by atoms with E-state index >= 15 is 0 Å². The zero-order valence-electron chi connectivity index (χ0n) is 16.4. The van der Waals surface area contributed by atoms with Crippen LogP contribution in [-0.4, -0.2) is 91.4 Å². The van der Waals surface area contributed by atoms with E-state index in [1.165, 1.54) is 0 Å². The largest absolute Gasteiger partial charge is 0.463 e. The molecule has 1 unspecified atom stereocenters. The van der Waals surface area contributed by atoms with Crippen molar-refractivity contribution < 1.29 is 38.0 Å². The molecular formula is C19H34O8. The first-order valence-electron chi connectivity index (χ1n) is 9.64. The van der Waals surface area contributed by atoms with Crippen molar-refractivity contribution in [3.05, 3.63) is 12.2 Å². The highest BCUT2D eigenvalue weighted by Crippen LogP contribution is 1.99. The van der Waals surface area contributed by atoms with Crippen LogP contribution in [0.5, 0.6) is 0 Å². The summed E-state index contributed by atoms with van der Waals surface area (Å²) in [5.74, 6) is -0.278. The monoisotopic (exact) mass is 390 g/mol. The van der Waals surface area contributed by atoms with Crippen LogP contribution in [0.2, 0.25) is 0 Å². The molecule has 0 aromatic carbocycles. The molecule has 1 aliphatic heterocycles. The molecule has 8 nitrogen and oxygen atoms in total. The predicted molar refractivity (Wildman–Crippen MR) is 98.8 cm³/mol. The van der Waals surface area contributed by atoms with Crippen molar-refractivity contribution in [3.63, 3.8) is 0 Å². The van der Waals surface area contributed by atoms with Gasteiger partial charge in [0, 0.05) is 0 Å². The minimum atomic E-state index is -0.342.